The summed E-state index contributed by atoms with van der Waals surface area (Å²) in [6, 6.07) is 11.5. The molecule has 0 aromatic heterocycles. The molecule has 0 atom stereocenters. The van der Waals surface area contributed by atoms with Crippen molar-refractivity contribution in [2.24, 2.45) is 5.10 Å². The number of fused-ring (bicyclic) bond motifs is 1. The van der Waals surface area contributed by atoms with Gasteiger partial charge in [0.1, 0.15) is 19.0 Å². The minimum Gasteiger partial charge on any atom is -0.494 e. The molecule has 0 saturated carbocycles. The molecule has 0 unspecified atom stereocenters. The van der Waals surface area contributed by atoms with E-state index in [1.807, 2.05) is 6.92 Å². The molecule has 138 valence electrons. The molecule has 0 radical (unpaired) electrons. The maximum Gasteiger partial charge on any atom is 0.276 e. The second-order valence-electron chi connectivity index (χ2n) is 5.55. The zero-order valence-corrected chi connectivity index (χ0v) is 15.4. The first-order valence-electron chi connectivity index (χ1n) is 8.18. The Morgan fingerprint density at radius 2 is 1.81 bits per heavy atom. The molecule has 1 aliphatic heterocycles. The van der Waals surface area contributed by atoms with Crippen LogP contribution in [-0.4, -0.2) is 34.0 Å². The fourth-order valence-corrected chi connectivity index (χ4v) is 3.25. The highest BCUT2D eigenvalue weighted by Gasteiger charge is 2.15. The van der Waals surface area contributed by atoms with Gasteiger partial charge in [0.05, 0.1) is 17.2 Å². The van der Waals surface area contributed by atoms with E-state index in [2.05, 4.69) is 9.93 Å². The number of hydrogen-bond acceptors (Lipinski definition) is 6. The second kappa shape index (κ2) is 7.65. The average molecular weight is 376 g/mol. The average Bonchev–Trinajstić information content (AvgIpc) is 2.66. The lowest BCUT2D eigenvalue weighted by atomic mass is 10.1. The number of sulfonamides is 1. The summed E-state index contributed by atoms with van der Waals surface area (Å²) in [4.78, 5) is 2.36. The molecule has 2 aromatic carbocycles. The first-order chi connectivity index (χ1) is 12.5. The van der Waals surface area contributed by atoms with Gasteiger partial charge in [-0.3, -0.25) is 0 Å². The van der Waals surface area contributed by atoms with E-state index in [9.17, 15) is 8.42 Å². The molecular weight excluding hydrogens is 356 g/mol. The monoisotopic (exact) mass is 376 g/mol. The lowest BCUT2D eigenvalue weighted by molar-refractivity contribution is 0.171. The van der Waals surface area contributed by atoms with Gasteiger partial charge < -0.3 is 14.2 Å². The Labute approximate surface area is 152 Å². The summed E-state index contributed by atoms with van der Waals surface area (Å²) in [6.45, 7) is 5.09. The molecule has 7 nitrogen and oxygen atoms in total. The minimum atomic E-state index is -3.76. The molecule has 2 aromatic rings. The molecule has 0 amide bonds. The van der Waals surface area contributed by atoms with Gasteiger partial charge in [-0.05, 0) is 56.3 Å². The van der Waals surface area contributed by atoms with Crippen LogP contribution in [0.3, 0.4) is 0 Å². The first-order valence-corrected chi connectivity index (χ1v) is 9.67. The molecule has 0 saturated heterocycles. The highest BCUT2D eigenvalue weighted by atomic mass is 32.2. The van der Waals surface area contributed by atoms with Crippen LogP contribution in [0, 0.1) is 0 Å². The normalized spacial score (nSPS) is 14.0. The van der Waals surface area contributed by atoms with Crippen LogP contribution in [0.4, 0.5) is 0 Å². The number of nitrogens with one attached hydrogen (secondary N) is 1. The maximum atomic E-state index is 12.4. The molecule has 1 aliphatic rings. The van der Waals surface area contributed by atoms with Crippen LogP contribution in [0.2, 0.25) is 0 Å². The van der Waals surface area contributed by atoms with Gasteiger partial charge in [0, 0.05) is 5.56 Å². The Morgan fingerprint density at radius 1 is 1.12 bits per heavy atom. The van der Waals surface area contributed by atoms with Crippen molar-refractivity contribution in [3.05, 3.63) is 48.0 Å². The van der Waals surface area contributed by atoms with E-state index in [1.54, 1.807) is 37.3 Å². The third-order valence-corrected chi connectivity index (χ3v) is 4.96. The molecule has 3 rings (SSSR count). The molecule has 0 fully saturated rings. The highest BCUT2D eigenvalue weighted by Crippen LogP contribution is 2.30. The summed E-state index contributed by atoms with van der Waals surface area (Å²) < 4.78 is 41.0. The number of nitrogens with zero attached hydrogens (tertiary/aromatic N) is 1. The van der Waals surface area contributed by atoms with Crippen LogP contribution in [0.1, 0.15) is 19.4 Å². The van der Waals surface area contributed by atoms with Crippen molar-refractivity contribution in [2.45, 2.75) is 18.7 Å². The van der Waals surface area contributed by atoms with E-state index >= 15 is 0 Å². The lowest BCUT2D eigenvalue weighted by Crippen LogP contribution is -2.20. The summed E-state index contributed by atoms with van der Waals surface area (Å²) >= 11 is 0. The van der Waals surface area contributed by atoms with Gasteiger partial charge in [-0.15, -0.1) is 0 Å². The Hall–Kier alpha value is -2.74. The van der Waals surface area contributed by atoms with Gasteiger partial charge in [-0.2, -0.15) is 18.4 Å². The second-order valence-corrected chi connectivity index (χ2v) is 7.22. The highest BCUT2D eigenvalue weighted by molar-refractivity contribution is 7.89. The molecule has 1 heterocycles. The van der Waals surface area contributed by atoms with Gasteiger partial charge in [0.25, 0.3) is 10.0 Å². The van der Waals surface area contributed by atoms with E-state index in [1.165, 1.54) is 12.1 Å². The molecule has 26 heavy (non-hydrogen) atoms. The summed E-state index contributed by atoms with van der Waals surface area (Å²) in [6.07, 6.45) is 0. The fraction of sp³-hybridized carbons (Fsp3) is 0.278. The van der Waals surface area contributed by atoms with E-state index in [0.29, 0.717) is 42.8 Å². The van der Waals surface area contributed by atoms with Crippen LogP contribution in [0.25, 0.3) is 0 Å². The van der Waals surface area contributed by atoms with Gasteiger partial charge >= 0.3 is 0 Å². The van der Waals surface area contributed by atoms with E-state index in [0.717, 1.165) is 5.56 Å². The Balaban J connectivity index is 1.75. The van der Waals surface area contributed by atoms with Crippen LogP contribution >= 0.6 is 0 Å². The summed E-state index contributed by atoms with van der Waals surface area (Å²) in [7, 11) is -3.76. The minimum absolute atomic E-state index is 0.111. The van der Waals surface area contributed by atoms with Crippen molar-refractivity contribution in [3.63, 3.8) is 0 Å². The molecule has 1 N–H and O–H groups in total. The molecular formula is C18H20N2O5S. The fourth-order valence-electron chi connectivity index (χ4n) is 2.40. The molecule has 0 bridgehead atoms. The zero-order valence-electron chi connectivity index (χ0n) is 14.6. The van der Waals surface area contributed by atoms with Crippen molar-refractivity contribution >= 4 is 15.7 Å². The summed E-state index contributed by atoms with van der Waals surface area (Å²) in [5.41, 5.74) is 1.25. The van der Waals surface area contributed by atoms with Crippen molar-refractivity contribution in [2.75, 3.05) is 19.8 Å². The van der Waals surface area contributed by atoms with Gasteiger partial charge in [0.15, 0.2) is 11.5 Å². The van der Waals surface area contributed by atoms with Gasteiger partial charge in [-0.1, -0.05) is 0 Å². The van der Waals surface area contributed by atoms with Crippen LogP contribution in [-0.2, 0) is 10.0 Å². The van der Waals surface area contributed by atoms with Crippen LogP contribution in [0.5, 0.6) is 17.2 Å². The number of hydrazone groups is 1. The Kier molecular flexibility index (Phi) is 5.32. The Bertz CT molecular complexity index is 908. The smallest absolute Gasteiger partial charge is 0.276 e. The third-order valence-electron chi connectivity index (χ3n) is 3.74. The van der Waals surface area contributed by atoms with Crippen molar-refractivity contribution in [1.82, 2.24) is 4.83 Å². The predicted octanol–water partition coefficient (Wildman–Crippen LogP) is 2.56. The number of rotatable bonds is 6. The van der Waals surface area contributed by atoms with E-state index in [4.69, 9.17) is 14.2 Å². The third kappa shape index (κ3) is 4.08. The van der Waals surface area contributed by atoms with E-state index in [-0.39, 0.29) is 4.90 Å². The van der Waals surface area contributed by atoms with E-state index < -0.39 is 10.0 Å². The molecule has 0 spiro atoms. The van der Waals surface area contributed by atoms with Crippen LogP contribution < -0.4 is 19.0 Å². The number of ether oxygens (including phenoxy) is 3. The van der Waals surface area contributed by atoms with Crippen LogP contribution in [0.15, 0.2) is 52.5 Å². The topological polar surface area (TPSA) is 86.2 Å². The summed E-state index contributed by atoms with van der Waals surface area (Å²) in [5.74, 6) is 1.91. The molecule has 8 heteroatoms. The Morgan fingerprint density at radius 3 is 2.50 bits per heavy atom. The van der Waals surface area contributed by atoms with Crippen molar-refractivity contribution in [1.29, 1.82) is 0 Å². The largest absolute Gasteiger partial charge is 0.494 e. The van der Waals surface area contributed by atoms with Gasteiger partial charge in [-0.25, -0.2) is 0 Å². The van der Waals surface area contributed by atoms with Gasteiger partial charge in [0.2, 0.25) is 0 Å². The first kappa shape index (κ1) is 18.1. The maximum absolute atomic E-state index is 12.4. The summed E-state index contributed by atoms with van der Waals surface area (Å²) in [5, 5.41) is 4.00. The SMILES string of the molecule is CCOc1ccc(S(=O)(=O)NN=C(C)c2ccc3c(c2)OCCO3)cc1. The lowest BCUT2D eigenvalue weighted by Gasteiger charge is -2.18. The number of benzene rings is 2. The molecule has 0 aliphatic carbocycles. The number of hydrogen-bond donors (Lipinski definition) is 1. The quantitative estimate of drug-likeness (QED) is 0.619. The van der Waals surface area contributed by atoms with Crippen molar-refractivity contribution in [3.8, 4) is 17.2 Å². The van der Waals surface area contributed by atoms with Crippen molar-refractivity contribution < 1.29 is 22.6 Å². The predicted molar refractivity (Wildman–Crippen MR) is 97.6 cm³/mol. The zero-order chi connectivity index (χ0) is 18.6. The standard InChI is InChI=1S/C18H20N2O5S/c1-3-23-15-5-7-16(8-6-15)26(21,22)20-19-13(2)14-4-9-17-18(12-14)25-11-10-24-17/h4-9,12,20H,3,10-11H2,1-2H3.